The molecule has 2 rings (SSSR count). The van der Waals surface area contributed by atoms with Crippen molar-refractivity contribution in [3.63, 3.8) is 0 Å². The molecule has 3 heteroatoms. The molecule has 2 atom stereocenters. The molecular weight excluding hydrogens is 226 g/mol. The van der Waals surface area contributed by atoms with Crippen molar-refractivity contribution in [1.29, 1.82) is 0 Å². The molecule has 0 spiro atoms. The van der Waals surface area contributed by atoms with E-state index >= 15 is 0 Å². The molecule has 0 aliphatic heterocycles. The van der Waals surface area contributed by atoms with Gasteiger partial charge in [-0.05, 0) is 49.7 Å². The number of aromatic nitrogens is 1. The molecule has 0 amide bonds. The topological polar surface area (TPSA) is 50.2 Å². The van der Waals surface area contributed by atoms with E-state index < -0.39 is 11.4 Å². The Labute approximate surface area is 108 Å². The predicted octanol–water partition coefficient (Wildman–Crippen LogP) is 3.21. The van der Waals surface area contributed by atoms with Crippen LogP contribution < -0.4 is 0 Å². The summed E-state index contributed by atoms with van der Waals surface area (Å²) >= 11 is 0. The number of carboxylic acid groups (broad SMARTS) is 1. The van der Waals surface area contributed by atoms with E-state index in [1.165, 1.54) is 0 Å². The average Bonchev–Trinajstić information content (AvgIpc) is 2.74. The van der Waals surface area contributed by atoms with Crippen LogP contribution in [-0.4, -0.2) is 16.1 Å². The second-order valence-corrected chi connectivity index (χ2v) is 5.65. The molecular formula is C15H21NO2. The third kappa shape index (κ3) is 2.55. The second kappa shape index (κ2) is 5.09. The number of rotatable bonds is 4. The van der Waals surface area contributed by atoms with Crippen molar-refractivity contribution in [1.82, 2.24) is 4.98 Å². The summed E-state index contributed by atoms with van der Waals surface area (Å²) in [6.07, 6.45) is 7.97. The fourth-order valence-corrected chi connectivity index (χ4v) is 3.12. The van der Waals surface area contributed by atoms with Crippen molar-refractivity contribution < 1.29 is 9.90 Å². The van der Waals surface area contributed by atoms with Gasteiger partial charge in [0.2, 0.25) is 0 Å². The Kier molecular flexibility index (Phi) is 3.69. The van der Waals surface area contributed by atoms with Gasteiger partial charge in [-0.3, -0.25) is 9.78 Å². The van der Waals surface area contributed by atoms with Gasteiger partial charge in [-0.1, -0.05) is 19.4 Å². The van der Waals surface area contributed by atoms with Crippen molar-refractivity contribution in [3.8, 4) is 0 Å². The number of nitrogens with zero attached hydrogens (tertiary/aromatic N) is 1. The second-order valence-electron chi connectivity index (χ2n) is 5.65. The predicted molar refractivity (Wildman–Crippen MR) is 70.4 cm³/mol. The van der Waals surface area contributed by atoms with E-state index in [1.54, 1.807) is 12.4 Å². The van der Waals surface area contributed by atoms with Crippen LogP contribution in [0.25, 0.3) is 0 Å². The van der Waals surface area contributed by atoms with Crippen molar-refractivity contribution >= 4 is 5.97 Å². The molecule has 1 fully saturated rings. The van der Waals surface area contributed by atoms with Crippen LogP contribution in [0, 0.1) is 18.3 Å². The average molecular weight is 247 g/mol. The van der Waals surface area contributed by atoms with Crippen molar-refractivity contribution in [3.05, 3.63) is 29.6 Å². The molecule has 1 saturated carbocycles. The minimum atomic E-state index is -0.639. The minimum Gasteiger partial charge on any atom is -0.481 e. The first kappa shape index (κ1) is 13.1. The van der Waals surface area contributed by atoms with Gasteiger partial charge in [0.1, 0.15) is 0 Å². The van der Waals surface area contributed by atoms with Crippen molar-refractivity contribution in [2.24, 2.45) is 11.3 Å². The Morgan fingerprint density at radius 2 is 2.33 bits per heavy atom. The molecule has 0 aromatic carbocycles. The zero-order chi connectivity index (χ0) is 13.2. The lowest BCUT2D eigenvalue weighted by Gasteiger charge is -2.24. The number of carbonyl (C=O) groups is 1. The third-order valence-corrected chi connectivity index (χ3v) is 4.22. The van der Waals surface area contributed by atoms with E-state index in [0.29, 0.717) is 12.3 Å². The zero-order valence-corrected chi connectivity index (χ0v) is 11.1. The highest BCUT2D eigenvalue weighted by atomic mass is 16.4. The molecule has 1 heterocycles. The Bertz CT molecular complexity index is 444. The molecule has 3 nitrogen and oxygen atoms in total. The van der Waals surface area contributed by atoms with E-state index in [-0.39, 0.29) is 0 Å². The van der Waals surface area contributed by atoms with Crippen LogP contribution in [-0.2, 0) is 11.2 Å². The first-order chi connectivity index (χ1) is 8.55. The van der Waals surface area contributed by atoms with Gasteiger partial charge < -0.3 is 5.11 Å². The minimum absolute atomic E-state index is 0.559. The SMILES string of the molecule is CCC1CCC(Cc2cncc(C)c2)(C(=O)O)C1. The van der Waals surface area contributed by atoms with Gasteiger partial charge in [-0.15, -0.1) is 0 Å². The Hall–Kier alpha value is -1.38. The molecule has 0 radical (unpaired) electrons. The molecule has 1 aromatic rings. The molecule has 1 aliphatic rings. The highest BCUT2D eigenvalue weighted by Gasteiger charge is 2.44. The van der Waals surface area contributed by atoms with Crippen LogP contribution in [0.4, 0.5) is 0 Å². The Balaban J connectivity index is 2.20. The van der Waals surface area contributed by atoms with Gasteiger partial charge in [0, 0.05) is 12.4 Å². The van der Waals surface area contributed by atoms with E-state index in [2.05, 4.69) is 18.0 Å². The van der Waals surface area contributed by atoms with Gasteiger partial charge in [0.25, 0.3) is 0 Å². The molecule has 1 aromatic heterocycles. The van der Waals surface area contributed by atoms with Crippen LogP contribution >= 0.6 is 0 Å². The number of carboxylic acids is 1. The van der Waals surface area contributed by atoms with Gasteiger partial charge >= 0.3 is 5.97 Å². The zero-order valence-electron chi connectivity index (χ0n) is 11.1. The van der Waals surface area contributed by atoms with E-state index in [9.17, 15) is 9.90 Å². The number of pyridine rings is 1. The molecule has 18 heavy (non-hydrogen) atoms. The molecule has 1 N–H and O–H groups in total. The number of aryl methyl sites for hydroxylation is 1. The van der Waals surface area contributed by atoms with Gasteiger partial charge in [-0.2, -0.15) is 0 Å². The smallest absolute Gasteiger partial charge is 0.309 e. The summed E-state index contributed by atoms with van der Waals surface area (Å²) in [6.45, 7) is 4.14. The monoisotopic (exact) mass is 247 g/mol. The normalized spacial score (nSPS) is 27.3. The highest BCUT2D eigenvalue weighted by molar-refractivity contribution is 5.75. The van der Waals surface area contributed by atoms with Crippen molar-refractivity contribution in [2.75, 3.05) is 0 Å². The first-order valence-corrected chi connectivity index (χ1v) is 6.69. The van der Waals surface area contributed by atoms with Crippen LogP contribution in [0.1, 0.15) is 43.7 Å². The van der Waals surface area contributed by atoms with Crippen LogP contribution in [0.15, 0.2) is 18.5 Å². The number of hydrogen-bond acceptors (Lipinski definition) is 2. The van der Waals surface area contributed by atoms with E-state index in [0.717, 1.165) is 36.8 Å². The quantitative estimate of drug-likeness (QED) is 0.888. The maximum atomic E-state index is 11.7. The molecule has 98 valence electrons. The lowest BCUT2D eigenvalue weighted by atomic mass is 9.79. The van der Waals surface area contributed by atoms with Gasteiger partial charge in [-0.25, -0.2) is 0 Å². The summed E-state index contributed by atoms with van der Waals surface area (Å²) in [7, 11) is 0. The summed E-state index contributed by atoms with van der Waals surface area (Å²) in [5, 5.41) is 9.59. The van der Waals surface area contributed by atoms with Crippen molar-refractivity contribution in [2.45, 2.75) is 46.0 Å². The number of hydrogen-bond donors (Lipinski definition) is 1. The standard InChI is InChI=1S/C15H21NO2/c1-3-12-4-5-15(7-12,14(17)18)8-13-6-11(2)9-16-10-13/h6,9-10,12H,3-5,7-8H2,1-2H3,(H,17,18). The van der Waals surface area contributed by atoms with E-state index in [4.69, 9.17) is 0 Å². The molecule has 0 saturated heterocycles. The lowest BCUT2D eigenvalue weighted by molar-refractivity contribution is -0.148. The maximum absolute atomic E-state index is 11.7. The Morgan fingerprint density at radius 3 is 2.89 bits per heavy atom. The largest absolute Gasteiger partial charge is 0.481 e. The summed E-state index contributed by atoms with van der Waals surface area (Å²) in [5.74, 6) is -0.0705. The van der Waals surface area contributed by atoms with E-state index in [1.807, 2.05) is 6.92 Å². The summed E-state index contributed by atoms with van der Waals surface area (Å²) in [5.41, 5.74) is 1.59. The summed E-state index contributed by atoms with van der Waals surface area (Å²) in [6, 6.07) is 2.05. The van der Waals surface area contributed by atoms with Gasteiger partial charge in [0.15, 0.2) is 0 Å². The number of aliphatic carboxylic acids is 1. The van der Waals surface area contributed by atoms with Crippen LogP contribution in [0.5, 0.6) is 0 Å². The molecule has 2 unspecified atom stereocenters. The third-order valence-electron chi connectivity index (χ3n) is 4.22. The maximum Gasteiger partial charge on any atom is 0.309 e. The van der Waals surface area contributed by atoms with Gasteiger partial charge in [0.05, 0.1) is 5.41 Å². The molecule has 0 bridgehead atoms. The van der Waals surface area contributed by atoms with Crippen LogP contribution in [0.3, 0.4) is 0 Å². The first-order valence-electron chi connectivity index (χ1n) is 6.69. The Morgan fingerprint density at radius 1 is 1.56 bits per heavy atom. The lowest BCUT2D eigenvalue weighted by Crippen LogP contribution is -2.30. The van der Waals surface area contributed by atoms with Crippen LogP contribution in [0.2, 0.25) is 0 Å². The molecule has 1 aliphatic carbocycles. The highest BCUT2D eigenvalue weighted by Crippen LogP contribution is 2.45. The summed E-state index contributed by atoms with van der Waals surface area (Å²) < 4.78 is 0. The fourth-order valence-electron chi connectivity index (χ4n) is 3.12. The summed E-state index contributed by atoms with van der Waals surface area (Å²) in [4.78, 5) is 15.8. The fraction of sp³-hybridized carbons (Fsp3) is 0.600.